The summed E-state index contributed by atoms with van der Waals surface area (Å²) in [5.74, 6) is -0.257. The van der Waals surface area contributed by atoms with Crippen LogP contribution in [-0.4, -0.2) is 71.1 Å². The first kappa shape index (κ1) is 39.8. The van der Waals surface area contributed by atoms with Gasteiger partial charge < -0.3 is 13.3 Å². The topological polar surface area (TPSA) is 109 Å². The number of unbranched alkanes of at least 4 members (excludes halogenated alkanes) is 5. The van der Waals surface area contributed by atoms with Crippen molar-refractivity contribution >= 4 is 26.0 Å². The molecule has 234 valence electrons. The Morgan fingerprint density at radius 1 is 0.718 bits per heavy atom. The SMILES string of the molecule is C=C(C)C(=O)OCCCCCC[N+](CCC)(CCC)CCCCC.O=S(=O)([N-]S(=O)(=O)C(F)(F)F)C(F)(F)F. The molecule has 0 aliphatic heterocycles. The number of quaternary nitrogens is 1. The standard InChI is InChI=1S/C21H42NO2.C2F6NO4S2/c1-6-9-12-17-22(15-7-2,16-8-3)18-13-10-11-14-19-24-21(23)20(4)5;3-1(4,5)14(10,11)9-15(12,13)2(6,7)8/h4,6-19H2,1-3,5H3;/q+1;-1. The van der Waals surface area contributed by atoms with E-state index < -0.39 is 31.1 Å². The van der Waals surface area contributed by atoms with Crippen molar-refractivity contribution in [1.82, 2.24) is 0 Å². The van der Waals surface area contributed by atoms with Crippen LogP contribution in [0, 0.1) is 0 Å². The highest BCUT2D eigenvalue weighted by atomic mass is 32.3. The number of sulfonamides is 2. The van der Waals surface area contributed by atoms with Gasteiger partial charge in [-0.1, -0.05) is 33.8 Å². The predicted octanol–water partition coefficient (Wildman–Crippen LogP) is 6.55. The van der Waals surface area contributed by atoms with E-state index in [2.05, 4.69) is 27.4 Å². The summed E-state index contributed by atoms with van der Waals surface area (Å²) in [6, 6.07) is 0. The van der Waals surface area contributed by atoms with Gasteiger partial charge in [0.25, 0.3) is 0 Å². The lowest BCUT2D eigenvalue weighted by Gasteiger charge is -2.39. The summed E-state index contributed by atoms with van der Waals surface area (Å²) in [7, 11) is -13.4. The molecule has 16 heteroatoms. The van der Waals surface area contributed by atoms with Crippen molar-refractivity contribution in [2.75, 3.05) is 32.8 Å². The summed E-state index contributed by atoms with van der Waals surface area (Å²) in [5.41, 5.74) is -11.9. The minimum Gasteiger partial charge on any atom is -0.462 e. The van der Waals surface area contributed by atoms with Crippen LogP contribution in [0.25, 0.3) is 4.13 Å². The van der Waals surface area contributed by atoms with Gasteiger partial charge in [-0.15, -0.1) is 0 Å². The van der Waals surface area contributed by atoms with Crippen molar-refractivity contribution in [2.45, 2.75) is 96.5 Å². The van der Waals surface area contributed by atoms with Gasteiger partial charge in [0.2, 0.25) is 0 Å². The number of nitrogens with zero attached hydrogens (tertiary/aromatic N) is 2. The first-order chi connectivity index (χ1) is 17.7. The van der Waals surface area contributed by atoms with Crippen molar-refractivity contribution in [3.63, 3.8) is 0 Å². The molecule has 0 saturated heterocycles. The van der Waals surface area contributed by atoms with Crippen LogP contribution < -0.4 is 0 Å². The molecule has 0 heterocycles. The minimum atomic E-state index is -6.72. The zero-order valence-electron chi connectivity index (χ0n) is 23.0. The molecule has 39 heavy (non-hydrogen) atoms. The monoisotopic (exact) mass is 620 g/mol. The molecule has 0 rings (SSSR count). The Bertz CT molecular complexity index is 888. The summed E-state index contributed by atoms with van der Waals surface area (Å²) in [6.45, 7) is 18.1. The zero-order valence-corrected chi connectivity index (χ0v) is 24.7. The Hall–Kier alpha value is -1.39. The summed E-state index contributed by atoms with van der Waals surface area (Å²) in [4.78, 5) is 11.3. The van der Waals surface area contributed by atoms with E-state index in [1.165, 1.54) is 75.6 Å². The molecule has 0 aliphatic rings. The Balaban J connectivity index is 0. The van der Waals surface area contributed by atoms with Gasteiger partial charge in [0.1, 0.15) is 0 Å². The molecular formula is C23H42F6N2O6S2. The fourth-order valence-electron chi connectivity index (χ4n) is 3.72. The largest absolute Gasteiger partial charge is 0.480 e. The summed E-state index contributed by atoms with van der Waals surface area (Å²) in [5, 5.41) is 0. The molecule has 0 aromatic carbocycles. The highest BCUT2D eigenvalue weighted by Gasteiger charge is 2.46. The number of hydrogen-bond acceptors (Lipinski definition) is 6. The number of esters is 1. The second-order valence-corrected chi connectivity index (χ2v) is 12.6. The van der Waals surface area contributed by atoms with E-state index in [0.717, 1.165) is 17.0 Å². The highest BCUT2D eigenvalue weighted by molar-refractivity contribution is 8.13. The second kappa shape index (κ2) is 18.1. The van der Waals surface area contributed by atoms with Gasteiger partial charge in [-0.3, -0.25) is 0 Å². The van der Waals surface area contributed by atoms with E-state index in [0.29, 0.717) is 12.2 Å². The Morgan fingerprint density at radius 2 is 1.13 bits per heavy atom. The number of rotatable bonds is 18. The van der Waals surface area contributed by atoms with E-state index in [1.807, 2.05) is 0 Å². The lowest BCUT2D eigenvalue weighted by Crippen LogP contribution is -2.50. The fourth-order valence-corrected chi connectivity index (χ4v) is 5.43. The molecule has 0 saturated carbocycles. The van der Waals surface area contributed by atoms with E-state index in [-0.39, 0.29) is 5.97 Å². The van der Waals surface area contributed by atoms with Crippen molar-refractivity contribution in [3.05, 3.63) is 16.3 Å². The van der Waals surface area contributed by atoms with Crippen molar-refractivity contribution in [2.24, 2.45) is 0 Å². The third kappa shape index (κ3) is 16.5. The normalized spacial score (nSPS) is 13.0. The van der Waals surface area contributed by atoms with Crippen LogP contribution in [0.4, 0.5) is 26.3 Å². The summed E-state index contributed by atoms with van der Waals surface area (Å²) < 4.78 is 116. The first-order valence-electron chi connectivity index (χ1n) is 12.8. The van der Waals surface area contributed by atoms with Crippen LogP contribution in [0.2, 0.25) is 0 Å². The number of alkyl halides is 6. The Morgan fingerprint density at radius 3 is 1.49 bits per heavy atom. The van der Waals surface area contributed by atoms with E-state index in [1.54, 1.807) is 6.92 Å². The molecule has 0 aliphatic carbocycles. The predicted molar refractivity (Wildman–Crippen MR) is 137 cm³/mol. The molecule has 8 nitrogen and oxygen atoms in total. The molecule has 0 unspecified atom stereocenters. The number of hydrogen-bond donors (Lipinski definition) is 0. The molecule has 0 aromatic heterocycles. The lowest BCUT2D eigenvalue weighted by atomic mass is 10.1. The second-order valence-electron chi connectivity index (χ2n) is 9.19. The number of carbonyl (C=O) groups is 1. The van der Waals surface area contributed by atoms with Crippen molar-refractivity contribution in [1.29, 1.82) is 0 Å². The number of halogens is 6. The third-order valence-corrected chi connectivity index (χ3v) is 8.26. The van der Waals surface area contributed by atoms with Gasteiger partial charge >= 0.3 is 17.0 Å². The Kier molecular flexibility index (Phi) is 18.5. The number of ether oxygens (including phenoxy) is 1. The fraction of sp³-hybridized carbons (Fsp3) is 0.870. The average Bonchev–Trinajstić information content (AvgIpc) is 2.77. The molecule has 0 fully saturated rings. The van der Waals surface area contributed by atoms with Crippen LogP contribution >= 0.6 is 0 Å². The van der Waals surface area contributed by atoms with Crippen molar-refractivity contribution < 1.29 is 57.2 Å². The Labute approximate surface area is 228 Å². The van der Waals surface area contributed by atoms with Crippen LogP contribution in [0.15, 0.2) is 12.2 Å². The molecular weight excluding hydrogens is 578 g/mol. The molecule has 0 atom stereocenters. The van der Waals surface area contributed by atoms with E-state index in [9.17, 15) is 48.0 Å². The highest BCUT2D eigenvalue weighted by Crippen LogP contribution is 2.36. The molecule has 0 spiro atoms. The third-order valence-electron chi connectivity index (χ3n) is 5.52. The molecule has 0 radical (unpaired) electrons. The van der Waals surface area contributed by atoms with Gasteiger partial charge in [0.15, 0.2) is 20.0 Å². The van der Waals surface area contributed by atoms with Gasteiger partial charge in [0.05, 0.1) is 32.8 Å². The number of carbonyl (C=O) groups excluding carboxylic acids is 1. The van der Waals surface area contributed by atoms with Crippen molar-refractivity contribution in [3.8, 4) is 0 Å². The van der Waals surface area contributed by atoms with E-state index >= 15 is 0 Å². The van der Waals surface area contributed by atoms with Gasteiger partial charge in [-0.25, -0.2) is 21.6 Å². The molecule has 0 aromatic rings. The lowest BCUT2D eigenvalue weighted by molar-refractivity contribution is -0.928. The maximum atomic E-state index is 11.4. The van der Waals surface area contributed by atoms with Crippen LogP contribution in [0.5, 0.6) is 0 Å². The van der Waals surface area contributed by atoms with Crippen LogP contribution in [0.1, 0.15) is 85.5 Å². The van der Waals surface area contributed by atoms with E-state index in [4.69, 9.17) is 4.74 Å². The first-order valence-corrected chi connectivity index (χ1v) is 15.6. The van der Waals surface area contributed by atoms with Gasteiger partial charge in [0, 0.05) is 5.57 Å². The minimum absolute atomic E-state index is 0.257. The van der Waals surface area contributed by atoms with Gasteiger partial charge in [-0.2, -0.15) is 26.3 Å². The molecule has 0 bridgehead atoms. The molecule has 0 amide bonds. The van der Waals surface area contributed by atoms with Crippen LogP contribution in [0.3, 0.4) is 0 Å². The smallest absolute Gasteiger partial charge is 0.462 e. The maximum absolute atomic E-state index is 11.4. The maximum Gasteiger partial charge on any atom is 0.480 e. The summed E-state index contributed by atoms with van der Waals surface area (Å²) in [6.07, 6.45) is 11.3. The zero-order chi connectivity index (χ0) is 31.0. The quantitative estimate of drug-likeness (QED) is 0.0565. The molecule has 0 N–H and O–H groups in total. The summed E-state index contributed by atoms with van der Waals surface area (Å²) >= 11 is 0. The average molecular weight is 621 g/mol. The van der Waals surface area contributed by atoms with Crippen LogP contribution in [-0.2, 0) is 29.6 Å². The van der Waals surface area contributed by atoms with Gasteiger partial charge in [-0.05, 0) is 58.3 Å².